The first-order valence-electron chi connectivity index (χ1n) is 11.5. The maximum absolute atomic E-state index is 13.3. The lowest BCUT2D eigenvalue weighted by molar-refractivity contribution is 0.0780. The number of nitrogens with zero attached hydrogens (tertiary/aromatic N) is 4. The zero-order valence-corrected chi connectivity index (χ0v) is 19.4. The molecule has 0 radical (unpaired) electrons. The maximum atomic E-state index is 13.3. The largest absolute Gasteiger partial charge is 0.476 e. The fraction of sp³-hybridized carbons (Fsp3) is 0.591. The molecule has 3 heterocycles. The Bertz CT molecular complexity index is 1270. The van der Waals surface area contributed by atoms with Crippen molar-refractivity contribution in [3.05, 3.63) is 28.7 Å². The maximum Gasteiger partial charge on any atom is 0.354 e. The summed E-state index contributed by atoms with van der Waals surface area (Å²) in [5.74, 6) is 0.433. The lowest BCUT2D eigenvalue weighted by Crippen LogP contribution is -2.29. The third-order valence-electron chi connectivity index (χ3n) is 7.35. The van der Waals surface area contributed by atoms with Gasteiger partial charge in [0.05, 0.1) is 37.3 Å². The molecule has 1 fully saturated rings. The second-order valence-electron chi connectivity index (χ2n) is 9.59. The Balaban J connectivity index is 1.30. The molecular formula is C22H28N6O4S. The van der Waals surface area contributed by atoms with Crippen molar-refractivity contribution >= 4 is 21.6 Å². The Hall–Kier alpha value is -2.50. The van der Waals surface area contributed by atoms with Crippen LogP contribution in [0.3, 0.4) is 0 Å². The molecule has 10 nitrogen and oxygen atoms in total. The number of urea groups is 1. The zero-order valence-electron chi connectivity index (χ0n) is 18.6. The number of amides is 2. The number of nitrogens with one attached hydrogen (secondary N) is 1. The summed E-state index contributed by atoms with van der Waals surface area (Å²) in [5, 5.41) is 13.2. The van der Waals surface area contributed by atoms with E-state index in [0.29, 0.717) is 25.6 Å². The first-order chi connectivity index (χ1) is 15.9. The number of methoxy groups -OCH3 is 1. The van der Waals surface area contributed by atoms with E-state index in [0.717, 1.165) is 73.1 Å². The minimum Gasteiger partial charge on any atom is -0.476 e. The van der Waals surface area contributed by atoms with E-state index < -0.39 is 15.9 Å². The number of fused-ring (bicyclic) bond motifs is 4. The first-order valence-corrected chi connectivity index (χ1v) is 13.1. The number of nitrogens with two attached hydrogens (primary N) is 1. The number of carbonyl (C=O) groups is 1. The summed E-state index contributed by atoms with van der Waals surface area (Å²) in [6, 6.07) is -0.713. The molecule has 2 aromatic heterocycles. The minimum atomic E-state index is -3.54. The van der Waals surface area contributed by atoms with Gasteiger partial charge in [-0.05, 0) is 56.1 Å². The third kappa shape index (κ3) is 3.44. The van der Waals surface area contributed by atoms with E-state index in [1.54, 1.807) is 11.8 Å². The molecule has 33 heavy (non-hydrogen) atoms. The fourth-order valence-corrected chi connectivity index (χ4v) is 6.55. The van der Waals surface area contributed by atoms with Gasteiger partial charge in [0.15, 0.2) is 9.92 Å². The Morgan fingerprint density at radius 1 is 1.36 bits per heavy atom. The van der Waals surface area contributed by atoms with Crippen molar-refractivity contribution in [3.63, 3.8) is 0 Å². The molecule has 3 N–H and O–H groups in total. The van der Waals surface area contributed by atoms with Crippen molar-refractivity contribution < 1.29 is 18.5 Å². The van der Waals surface area contributed by atoms with Gasteiger partial charge < -0.3 is 14.8 Å². The van der Waals surface area contributed by atoms with Gasteiger partial charge in [-0.2, -0.15) is 5.10 Å². The Labute approximate surface area is 192 Å². The van der Waals surface area contributed by atoms with Crippen molar-refractivity contribution in [2.75, 3.05) is 25.6 Å². The van der Waals surface area contributed by atoms with Crippen molar-refractivity contribution in [1.29, 1.82) is 0 Å². The SMILES string of the molecule is COCC1COc2c(S(N)(=O)=NC(=O)Nc3c4c(nc5c3CCC53CC3)CCC4)cnn2C1. The van der Waals surface area contributed by atoms with Crippen LogP contribution in [0.5, 0.6) is 5.88 Å². The van der Waals surface area contributed by atoms with Crippen molar-refractivity contribution in [1.82, 2.24) is 14.8 Å². The number of rotatable bonds is 4. The molecule has 0 aromatic carbocycles. The normalized spacial score (nSPS) is 23.3. The van der Waals surface area contributed by atoms with Crippen LogP contribution in [0, 0.1) is 5.92 Å². The molecular weight excluding hydrogens is 444 g/mol. The number of anilines is 1. The summed E-state index contributed by atoms with van der Waals surface area (Å²) in [7, 11) is -1.91. The lowest BCUT2D eigenvalue weighted by Gasteiger charge is -2.24. The molecule has 2 atom stereocenters. The molecule has 176 valence electrons. The van der Waals surface area contributed by atoms with Gasteiger partial charge in [0, 0.05) is 24.1 Å². The average molecular weight is 473 g/mol. The molecule has 2 unspecified atom stereocenters. The van der Waals surface area contributed by atoms with Crippen LogP contribution in [0.2, 0.25) is 0 Å². The van der Waals surface area contributed by atoms with Crippen LogP contribution >= 0.6 is 0 Å². The number of pyridine rings is 1. The van der Waals surface area contributed by atoms with Gasteiger partial charge in [-0.25, -0.2) is 18.8 Å². The molecule has 6 rings (SSSR count). The predicted octanol–water partition coefficient (Wildman–Crippen LogP) is 2.33. The van der Waals surface area contributed by atoms with Gasteiger partial charge in [0.2, 0.25) is 5.88 Å². The van der Waals surface area contributed by atoms with Crippen LogP contribution in [-0.2, 0) is 45.9 Å². The van der Waals surface area contributed by atoms with Crippen molar-refractivity contribution in [3.8, 4) is 5.88 Å². The molecule has 11 heteroatoms. The molecule has 4 aliphatic rings. The summed E-state index contributed by atoms with van der Waals surface area (Å²) in [5.41, 5.74) is 5.47. The monoisotopic (exact) mass is 472 g/mol. The highest BCUT2D eigenvalue weighted by molar-refractivity contribution is 7.91. The molecule has 1 saturated carbocycles. The van der Waals surface area contributed by atoms with Gasteiger partial charge in [-0.3, -0.25) is 4.98 Å². The van der Waals surface area contributed by atoms with E-state index in [4.69, 9.17) is 19.6 Å². The van der Waals surface area contributed by atoms with Gasteiger partial charge in [-0.15, -0.1) is 4.36 Å². The van der Waals surface area contributed by atoms with Crippen LogP contribution in [0.1, 0.15) is 48.2 Å². The standard InChI is InChI=1S/C22H28N6O4S/c1-31-11-13-10-28-20(32-12-13)17(9-24-28)33(23,30)27-21(29)26-18-14-3-2-4-16(14)25-19-15(18)5-6-22(19)7-8-22/h9,13H,2-8,10-12H2,1H3,(H3,23,25,26,27,29,30). The van der Waals surface area contributed by atoms with Gasteiger partial charge >= 0.3 is 6.03 Å². The van der Waals surface area contributed by atoms with Crippen LogP contribution in [0.25, 0.3) is 0 Å². The Kier molecular flexibility index (Phi) is 4.79. The van der Waals surface area contributed by atoms with E-state index in [-0.39, 0.29) is 16.2 Å². The Morgan fingerprint density at radius 3 is 3.00 bits per heavy atom. The predicted molar refractivity (Wildman–Crippen MR) is 121 cm³/mol. The summed E-state index contributed by atoms with van der Waals surface area (Å²) >= 11 is 0. The third-order valence-corrected chi connectivity index (χ3v) is 8.70. The number of ether oxygens (including phenoxy) is 2. The summed E-state index contributed by atoms with van der Waals surface area (Å²) in [6.45, 7) is 1.48. The smallest absolute Gasteiger partial charge is 0.354 e. The van der Waals surface area contributed by atoms with E-state index in [1.807, 2.05) is 0 Å². The Morgan fingerprint density at radius 2 is 2.21 bits per heavy atom. The highest BCUT2D eigenvalue weighted by Crippen LogP contribution is 2.58. The van der Waals surface area contributed by atoms with E-state index in [9.17, 15) is 9.00 Å². The van der Waals surface area contributed by atoms with Crippen LogP contribution in [0.15, 0.2) is 15.5 Å². The highest BCUT2D eigenvalue weighted by atomic mass is 32.2. The van der Waals surface area contributed by atoms with Crippen LogP contribution < -0.4 is 15.2 Å². The number of aromatic nitrogens is 3. The number of hydrogen-bond donors (Lipinski definition) is 2. The quantitative estimate of drug-likeness (QED) is 0.701. The van der Waals surface area contributed by atoms with Gasteiger partial charge in [0.1, 0.15) is 4.90 Å². The van der Waals surface area contributed by atoms with E-state index in [1.165, 1.54) is 6.20 Å². The average Bonchev–Trinajstić information content (AvgIpc) is 3.11. The topological polar surface area (TPSA) is 134 Å². The number of carbonyl (C=O) groups excluding carboxylic acids is 1. The van der Waals surface area contributed by atoms with Gasteiger partial charge in [-0.1, -0.05) is 0 Å². The van der Waals surface area contributed by atoms with Crippen molar-refractivity contribution in [2.24, 2.45) is 15.4 Å². The van der Waals surface area contributed by atoms with E-state index in [2.05, 4.69) is 14.8 Å². The second-order valence-corrected chi connectivity index (χ2v) is 11.4. The molecule has 1 spiro atoms. The number of aryl methyl sites for hydroxylation is 1. The van der Waals surface area contributed by atoms with Crippen LogP contribution in [0.4, 0.5) is 10.5 Å². The molecule has 0 bridgehead atoms. The van der Waals surface area contributed by atoms with Crippen LogP contribution in [-0.4, -0.2) is 45.3 Å². The lowest BCUT2D eigenvalue weighted by atomic mass is 10.0. The minimum absolute atomic E-state index is 0.134. The molecule has 0 saturated heterocycles. The summed E-state index contributed by atoms with van der Waals surface area (Å²) < 4.78 is 29.7. The summed E-state index contributed by atoms with van der Waals surface area (Å²) in [4.78, 5) is 18.1. The highest BCUT2D eigenvalue weighted by Gasteiger charge is 2.51. The molecule has 2 aromatic rings. The van der Waals surface area contributed by atoms with Gasteiger partial charge in [0.25, 0.3) is 0 Å². The number of hydrogen-bond acceptors (Lipinski definition) is 6. The van der Waals surface area contributed by atoms with E-state index >= 15 is 0 Å². The molecule has 2 amide bonds. The molecule has 3 aliphatic carbocycles. The fourth-order valence-electron chi connectivity index (χ4n) is 5.54. The zero-order chi connectivity index (χ0) is 22.8. The molecule has 1 aliphatic heterocycles. The van der Waals surface area contributed by atoms with Crippen molar-refractivity contribution in [2.45, 2.75) is 61.8 Å². The summed E-state index contributed by atoms with van der Waals surface area (Å²) in [6.07, 6.45) is 8.51. The first kappa shape index (κ1) is 21.1. The second kappa shape index (κ2) is 7.51.